The van der Waals surface area contributed by atoms with Gasteiger partial charge in [0.2, 0.25) is 0 Å². The van der Waals surface area contributed by atoms with Gasteiger partial charge in [0.25, 0.3) is 5.91 Å². The van der Waals surface area contributed by atoms with E-state index in [9.17, 15) is 19.6 Å². The number of nitriles is 1. The molecule has 9 nitrogen and oxygen atoms in total. The van der Waals surface area contributed by atoms with Gasteiger partial charge in [0.05, 0.1) is 52.1 Å². The first-order valence-corrected chi connectivity index (χ1v) is 13.1. The Morgan fingerprint density at radius 2 is 2.00 bits per heavy atom. The molecule has 0 fully saturated rings. The zero-order chi connectivity index (χ0) is 27.9. The Morgan fingerprint density at radius 3 is 2.66 bits per heavy atom. The van der Waals surface area contributed by atoms with Crippen LogP contribution in [0.2, 0.25) is 0 Å². The number of alkyl halides is 1. The highest BCUT2D eigenvalue weighted by molar-refractivity contribution is 6.00. The summed E-state index contributed by atoms with van der Waals surface area (Å²) in [6.07, 6.45) is 3.32. The van der Waals surface area contributed by atoms with Crippen molar-refractivity contribution < 1.29 is 14.3 Å². The fourth-order valence-electron chi connectivity index (χ4n) is 4.18. The Morgan fingerprint density at radius 1 is 1.24 bits per heavy atom. The Balaban J connectivity index is 1.95. The molecule has 0 bridgehead atoms. The number of aromatic nitrogens is 3. The first-order chi connectivity index (χ1) is 18.1. The molecule has 3 atom stereocenters. The molecule has 0 spiro atoms. The van der Waals surface area contributed by atoms with E-state index in [1.807, 2.05) is 12.1 Å². The fraction of sp³-hybridized carbons (Fsp3) is 0.500. The van der Waals surface area contributed by atoms with E-state index < -0.39 is 17.7 Å². The Kier molecular flexibility index (Phi) is 9.78. The van der Waals surface area contributed by atoms with Crippen LogP contribution in [0, 0.1) is 17.2 Å². The van der Waals surface area contributed by atoms with Crippen LogP contribution < -0.4 is 16.0 Å². The number of carbonyl (C=O) groups excluding carboxylic acids is 1. The van der Waals surface area contributed by atoms with Crippen LogP contribution in [0.15, 0.2) is 36.7 Å². The van der Waals surface area contributed by atoms with Gasteiger partial charge < -0.3 is 21.1 Å². The maximum absolute atomic E-state index is 14.3. The number of halogens is 1. The zero-order valence-electron chi connectivity index (χ0n) is 22.8. The molecule has 3 aromatic heterocycles. The number of amides is 1. The average molecular weight is 524 g/mol. The smallest absolute Gasteiger partial charge is 0.255 e. The monoisotopic (exact) mass is 523 g/mol. The second-order valence-corrected chi connectivity index (χ2v) is 10.2. The summed E-state index contributed by atoms with van der Waals surface area (Å²) in [5.74, 6) is -0.181. The minimum atomic E-state index is -1.63. The molecule has 0 saturated heterocycles. The molecule has 10 heteroatoms. The molecule has 2 unspecified atom stereocenters. The number of nitrogens with one attached hydrogen (secondary N) is 3. The molecule has 0 aliphatic carbocycles. The molecule has 3 aromatic rings. The fourth-order valence-corrected chi connectivity index (χ4v) is 4.18. The highest BCUT2D eigenvalue weighted by Gasteiger charge is 2.28. The standard InChI is InChI=1S/C28H38FN7O2/c1-6-10-31-15-20(7-2)18(3)35-23-12-24(25-9-8-21-11-19(13-30)14-34-36(21)25)32-16-22(23)27(37)33-17-26(29)28(4,5)38/h8-9,11-12,14,16,18,20,26,31,38H,6-7,10,15,17H2,1-5H3,(H,32,35)(H,33,37)/t18?,20?,26-/m1/s1. The van der Waals surface area contributed by atoms with Gasteiger partial charge in [-0.1, -0.05) is 20.3 Å². The summed E-state index contributed by atoms with van der Waals surface area (Å²) < 4.78 is 16.0. The largest absolute Gasteiger partial charge is 0.387 e. The van der Waals surface area contributed by atoms with Crippen LogP contribution in [0.1, 0.15) is 63.4 Å². The van der Waals surface area contributed by atoms with Crippen molar-refractivity contribution in [1.29, 1.82) is 5.26 Å². The minimum Gasteiger partial charge on any atom is -0.387 e. The molecule has 3 rings (SSSR count). The number of nitrogens with zero attached hydrogens (tertiary/aromatic N) is 4. The van der Waals surface area contributed by atoms with Gasteiger partial charge in [-0.2, -0.15) is 10.4 Å². The van der Waals surface area contributed by atoms with Gasteiger partial charge >= 0.3 is 0 Å². The maximum atomic E-state index is 14.3. The van der Waals surface area contributed by atoms with Crippen LogP contribution in [0.25, 0.3) is 16.9 Å². The van der Waals surface area contributed by atoms with Crippen molar-refractivity contribution in [3.05, 3.63) is 47.8 Å². The van der Waals surface area contributed by atoms with Crippen molar-refractivity contribution in [2.75, 3.05) is 25.0 Å². The van der Waals surface area contributed by atoms with E-state index in [-0.39, 0.29) is 18.2 Å². The second kappa shape index (κ2) is 12.8. The topological polar surface area (TPSA) is 127 Å². The molecule has 0 aliphatic heterocycles. The Labute approximate surface area is 223 Å². The van der Waals surface area contributed by atoms with Gasteiger partial charge in [0, 0.05) is 12.2 Å². The summed E-state index contributed by atoms with van der Waals surface area (Å²) >= 11 is 0. The second-order valence-electron chi connectivity index (χ2n) is 10.2. The predicted molar refractivity (Wildman–Crippen MR) is 147 cm³/mol. The van der Waals surface area contributed by atoms with E-state index in [0.717, 1.165) is 31.4 Å². The molecule has 204 valence electrons. The lowest BCUT2D eigenvalue weighted by Crippen LogP contribution is -2.42. The van der Waals surface area contributed by atoms with Crippen molar-refractivity contribution in [3.63, 3.8) is 0 Å². The summed E-state index contributed by atoms with van der Waals surface area (Å²) in [5, 5.41) is 33.0. The van der Waals surface area contributed by atoms with Gasteiger partial charge in [-0.15, -0.1) is 0 Å². The number of fused-ring (bicyclic) bond motifs is 1. The predicted octanol–water partition coefficient (Wildman–Crippen LogP) is 3.93. The number of pyridine rings is 1. The molecular formula is C28H38FN7O2. The molecule has 0 saturated carbocycles. The van der Waals surface area contributed by atoms with Crippen LogP contribution >= 0.6 is 0 Å². The van der Waals surface area contributed by atoms with Crippen molar-refractivity contribution >= 4 is 17.1 Å². The quantitative estimate of drug-likeness (QED) is 0.250. The molecule has 0 radical (unpaired) electrons. The number of hydrogen-bond donors (Lipinski definition) is 4. The molecule has 3 heterocycles. The summed E-state index contributed by atoms with van der Waals surface area (Å²) in [7, 11) is 0. The highest BCUT2D eigenvalue weighted by Crippen LogP contribution is 2.27. The first-order valence-electron chi connectivity index (χ1n) is 13.1. The van der Waals surface area contributed by atoms with Gasteiger partial charge in [-0.3, -0.25) is 9.78 Å². The van der Waals surface area contributed by atoms with Crippen LogP contribution in [0.4, 0.5) is 10.1 Å². The summed E-state index contributed by atoms with van der Waals surface area (Å²) in [5.41, 5.74) is 1.77. The molecular weight excluding hydrogens is 485 g/mol. The van der Waals surface area contributed by atoms with Crippen molar-refractivity contribution in [3.8, 4) is 17.5 Å². The molecule has 1 amide bonds. The number of hydrogen-bond acceptors (Lipinski definition) is 7. The summed E-state index contributed by atoms with van der Waals surface area (Å²) in [6, 6.07) is 9.36. The van der Waals surface area contributed by atoms with Gasteiger partial charge in [-0.25, -0.2) is 8.91 Å². The average Bonchev–Trinajstić information content (AvgIpc) is 3.32. The first kappa shape index (κ1) is 29.0. The van der Waals surface area contributed by atoms with Crippen LogP contribution in [-0.4, -0.2) is 63.1 Å². The van der Waals surface area contributed by atoms with Gasteiger partial charge in [0.1, 0.15) is 12.2 Å². The summed E-state index contributed by atoms with van der Waals surface area (Å²) in [6.45, 7) is 10.5. The van der Waals surface area contributed by atoms with Crippen molar-refractivity contribution in [1.82, 2.24) is 25.2 Å². The minimum absolute atomic E-state index is 0.0248. The maximum Gasteiger partial charge on any atom is 0.255 e. The number of anilines is 1. The normalized spacial score (nSPS) is 14.1. The number of rotatable bonds is 13. The lowest BCUT2D eigenvalue weighted by molar-refractivity contribution is -0.00177. The Bertz CT molecular complexity index is 1280. The van der Waals surface area contributed by atoms with Gasteiger partial charge in [0.15, 0.2) is 0 Å². The highest BCUT2D eigenvalue weighted by atomic mass is 19.1. The zero-order valence-corrected chi connectivity index (χ0v) is 22.8. The van der Waals surface area contributed by atoms with Crippen molar-refractivity contribution in [2.24, 2.45) is 5.92 Å². The van der Waals surface area contributed by atoms with E-state index in [4.69, 9.17) is 0 Å². The molecule has 0 aliphatic rings. The van der Waals surface area contributed by atoms with Crippen LogP contribution in [0.3, 0.4) is 0 Å². The molecule has 38 heavy (non-hydrogen) atoms. The lowest BCUT2D eigenvalue weighted by atomic mass is 9.97. The van der Waals surface area contributed by atoms with Crippen LogP contribution in [-0.2, 0) is 0 Å². The Hall–Kier alpha value is -3.55. The third-order valence-corrected chi connectivity index (χ3v) is 6.70. The molecule has 0 aromatic carbocycles. The third-order valence-electron chi connectivity index (χ3n) is 6.70. The van der Waals surface area contributed by atoms with E-state index in [1.54, 1.807) is 16.6 Å². The van der Waals surface area contributed by atoms with E-state index in [2.05, 4.69) is 52.9 Å². The third kappa shape index (κ3) is 7.05. The van der Waals surface area contributed by atoms with E-state index in [1.165, 1.54) is 26.2 Å². The molecule has 4 N–H and O–H groups in total. The summed E-state index contributed by atoms with van der Waals surface area (Å²) in [4.78, 5) is 17.6. The van der Waals surface area contributed by atoms with Gasteiger partial charge in [-0.05, 0) is 70.5 Å². The van der Waals surface area contributed by atoms with E-state index in [0.29, 0.717) is 28.6 Å². The number of carbonyl (C=O) groups is 1. The van der Waals surface area contributed by atoms with E-state index >= 15 is 0 Å². The number of aliphatic hydroxyl groups is 1. The SMILES string of the molecule is CCCNCC(CC)C(C)Nc1cc(-c2ccc3cc(C#N)cnn23)ncc1C(=O)NC[C@@H](F)C(C)(C)O. The van der Waals surface area contributed by atoms with Crippen LogP contribution in [0.5, 0.6) is 0 Å². The lowest BCUT2D eigenvalue weighted by Gasteiger charge is -2.27. The van der Waals surface area contributed by atoms with Crippen molar-refractivity contribution in [2.45, 2.75) is 65.3 Å².